The quantitative estimate of drug-likeness (QED) is 0.882. The molecule has 4 heteroatoms. The van der Waals surface area contributed by atoms with E-state index in [-0.39, 0.29) is 11.6 Å². The Morgan fingerprint density at radius 1 is 1.30 bits per heavy atom. The molecule has 2 N–H and O–H groups in total. The Bertz CT molecular complexity index is 693. The number of pyridine rings is 1. The first kappa shape index (κ1) is 13.3. The average molecular weight is 289 g/mol. The minimum Gasteiger partial charge on any atom is -0.378 e. The van der Waals surface area contributed by atoms with Gasteiger partial charge in [0.25, 0.3) is 0 Å². The van der Waals surface area contributed by atoms with Crippen LogP contribution in [0, 0.1) is 6.92 Å². The molecule has 20 heavy (non-hydrogen) atoms. The van der Waals surface area contributed by atoms with E-state index in [2.05, 4.69) is 17.2 Å². The smallest absolute Gasteiger partial charge is 0.248 e. The zero-order valence-corrected chi connectivity index (χ0v) is 12.1. The average Bonchev–Trinajstić information content (AvgIpc) is 2.43. The number of H-pyrrole nitrogens is 1. The summed E-state index contributed by atoms with van der Waals surface area (Å²) in [6.45, 7) is 2.06. The topological polar surface area (TPSA) is 44.9 Å². The van der Waals surface area contributed by atoms with Crippen molar-refractivity contribution in [1.29, 1.82) is 0 Å². The van der Waals surface area contributed by atoms with Crippen molar-refractivity contribution in [2.75, 3.05) is 5.32 Å². The van der Waals surface area contributed by atoms with Crippen molar-refractivity contribution < 1.29 is 0 Å². The summed E-state index contributed by atoms with van der Waals surface area (Å²) in [5.74, 6) is 0. The second-order valence-electron chi connectivity index (χ2n) is 5.30. The highest BCUT2D eigenvalue weighted by Gasteiger charge is 2.21. The number of aromatic nitrogens is 1. The molecule has 2 aromatic rings. The number of hydrogen-bond donors (Lipinski definition) is 2. The maximum Gasteiger partial charge on any atom is 0.248 e. The Morgan fingerprint density at radius 3 is 3.00 bits per heavy atom. The highest BCUT2D eigenvalue weighted by molar-refractivity contribution is 6.30. The van der Waals surface area contributed by atoms with Gasteiger partial charge in [-0.3, -0.25) is 4.79 Å². The van der Waals surface area contributed by atoms with Crippen LogP contribution in [0.2, 0.25) is 5.02 Å². The second kappa shape index (κ2) is 5.33. The predicted molar refractivity (Wildman–Crippen MR) is 82.6 cm³/mol. The van der Waals surface area contributed by atoms with Crippen molar-refractivity contribution in [2.45, 2.75) is 32.2 Å². The number of nitrogens with one attached hydrogen (secondary N) is 2. The van der Waals surface area contributed by atoms with Gasteiger partial charge >= 0.3 is 0 Å². The number of aromatic amines is 1. The number of benzene rings is 1. The highest BCUT2D eigenvalue weighted by Crippen LogP contribution is 2.32. The minimum atomic E-state index is -0.0247. The van der Waals surface area contributed by atoms with E-state index >= 15 is 0 Å². The van der Waals surface area contributed by atoms with E-state index in [9.17, 15) is 4.79 Å². The largest absolute Gasteiger partial charge is 0.378 e. The van der Waals surface area contributed by atoms with Crippen LogP contribution >= 0.6 is 11.6 Å². The summed E-state index contributed by atoms with van der Waals surface area (Å²) in [5.41, 5.74) is 4.45. The minimum absolute atomic E-state index is 0.0247. The van der Waals surface area contributed by atoms with E-state index in [0.717, 1.165) is 35.7 Å². The van der Waals surface area contributed by atoms with Crippen LogP contribution in [0.15, 0.2) is 35.1 Å². The van der Waals surface area contributed by atoms with Gasteiger partial charge in [0.15, 0.2) is 0 Å². The monoisotopic (exact) mass is 288 g/mol. The molecule has 0 spiro atoms. The van der Waals surface area contributed by atoms with Crippen LogP contribution in [0.1, 0.15) is 35.7 Å². The Labute approximate surface area is 123 Å². The Hall–Kier alpha value is -1.74. The fourth-order valence-electron chi connectivity index (χ4n) is 2.79. The van der Waals surface area contributed by atoms with Crippen molar-refractivity contribution in [2.24, 2.45) is 0 Å². The molecule has 1 aromatic carbocycles. The maximum atomic E-state index is 11.4. The van der Waals surface area contributed by atoms with Gasteiger partial charge in [-0.1, -0.05) is 17.7 Å². The van der Waals surface area contributed by atoms with Gasteiger partial charge in [-0.15, -0.1) is 0 Å². The number of fused-ring (bicyclic) bond motifs is 1. The van der Waals surface area contributed by atoms with Crippen LogP contribution in [0.5, 0.6) is 0 Å². The highest BCUT2D eigenvalue weighted by atomic mass is 35.5. The Kier molecular flexibility index (Phi) is 3.53. The van der Waals surface area contributed by atoms with Crippen LogP contribution in [-0.4, -0.2) is 4.98 Å². The molecule has 0 fully saturated rings. The van der Waals surface area contributed by atoms with Gasteiger partial charge in [0, 0.05) is 22.5 Å². The molecular formula is C16H17ClN2O. The molecule has 1 aromatic heterocycles. The summed E-state index contributed by atoms with van der Waals surface area (Å²) >= 11 is 6.07. The molecule has 1 atom stereocenters. The molecular weight excluding hydrogens is 272 g/mol. The standard InChI is InChI=1S/C16H17ClN2O/c1-10-5-6-11(17)9-15(10)18-13-3-2-4-14-12(13)7-8-16(20)19-14/h5-9,13,18H,2-4H2,1H3,(H,19,20). The van der Waals surface area contributed by atoms with Crippen LogP contribution in [0.4, 0.5) is 5.69 Å². The predicted octanol–water partition coefficient (Wildman–Crippen LogP) is 3.83. The normalized spacial score (nSPS) is 17.6. The fourth-order valence-corrected chi connectivity index (χ4v) is 2.96. The lowest BCUT2D eigenvalue weighted by molar-refractivity contribution is 0.586. The molecule has 1 aliphatic carbocycles. The zero-order valence-electron chi connectivity index (χ0n) is 11.4. The molecule has 0 saturated carbocycles. The Morgan fingerprint density at radius 2 is 2.15 bits per heavy atom. The van der Waals surface area contributed by atoms with E-state index in [1.165, 1.54) is 11.1 Å². The lowest BCUT2D eigenvalue weighted by Crippen LogP contribution is -2.21. The summed E-state index contributed by atoms with van der Waals surface area (Å²) in [4.78, 5) is 14.4. The van der Waals surface area contributed by atoms with Crippen molar-refractivity contribution in [1.82, 2.24) is 4.98 Å². The summed E-state index contributed by atoms with van der Waals surface area (Å²) in [6, 6.07) is 9.63. The van der Waals surface area contributed by atoms with Crippen LogP contribution in [-0.2, 0) is 6.42 Å². The Balaban J connectivity index is 1.93. The first-order chi connectivity index (χ1) is 9.63. The van der Waals surface area contributed by atoms with E-state index in [1.54, 1.807) is 6.07 Å². The lowest BCUT2D eigenvalue weighted by Gasteiger charge is -2.27. The number of anilines is 1. The van der Waals surface area contributed by atoms with Crippen LogP contribution < -0.4 is 10.9 Å². The molecule has 0 radical (unpaired) electrons. The van der Waals surface area contributed by atoms with E-state index in [1.807, 2.05) is 24.3 Å². The molecule has 3 nitrogen and oxygen atoms in total. The number of halogens is 1. The first-order valence-corrected chi connectivity index (χ1v) is 7.26. The van der Waals surface area contributed by atoms with Crippen molar-refractivity contribution in [3.63, 3.8) is 0 Å². The SMILES string of the molecule is Cc1ccc(Cl)cc1NC1CCCc2[nH]c(=O)ccc21. The first-order valence-electron chi connectivity index (χ1n) is 6.88. The van der Waals surface area contributed by atoms with Crippen LogP contribution in [0.3, 0.4) is 0 Å². The van der Waals surface area contributed by atoms with Gasteiger partial charge in [0.1, 0.15) is 0 Å². The number of hydrogen-bond acceptors (Lipinski definition) is 2. The third kappa shape index (κ3) is 2.59. The van der Waals surface area contributed by atoms with E-state index in [0.29, 0.717) is 0 Å². The molecule has 1 heterocycles. The molecule has 3 rings (SSSR count). The molecule has 1 aliphatic rings. The number of rotatable bonds is 2. The molecule has 0 amide bonds. The molecule has 104 valence electrons. The van der Waals surface area contributed by atoms with Gasteiger partial charge in [0.05, 0.1) is 6.04 Å². The van der Waals surface area contributed by atoms with Crippen molar-refractivity contribution in [3.8, 4) is 0 Å². The zero-order chi connectivity index (χ0) is 14.1. The molecule has 1 unspecified atom stereocenters. The summed E-state index contributed by atoms with van der Waals surface area (Å²) in [5, 5.41) is 4.29. The van der Waals surface area contributed by atoms with Gasteiger partial charge in [-0.25, -0.2) is 0 Å². The third-order valence-electron chi connectivity index (χ3n) is 3.86. The maximum absolute atomic E-state index is 11.4. The fraction of sp³-hybridized carbons (Fsp3) is 0.312. The molecule has 0 aliphatic heterocycles. The van der Waals surface area contributed by atoms with Crippen LogP contribution in [0.25, 0.3) is 0 Å². The van der Waals surface area contributed by atoms with Crippen molar-refractivity contribution in [3.05, 3.63) is 62.5 Å². The summed E-state index contributed by atoms with van der Waals surface area (Å²) in [7, 11) is 0. The van der Waals surface area contributed by atoms with E-state index < -0.39 is 0 Å². The van der Waals surface area contributed by atoms with Gasteiger partial charge in [0.2, 0.25) is 5.56 Å². The second-order valence-corrected chi connectivity index (χ2v) is 5.74. The summed E-state index contributed by atoms with van der Waals surface area (Å²) in [6.07, 6.45) is 3.08. The molecule has 0 bridgehead atoms. The summed E-state index contributed by atoms with van der Waals surface area (Å²) < 4.78 is 0. The number of aryl methyl sites for hydroxylation is 2. The molecule has 0 saturated heterocycles. The van der Waals surface area contributed by atoms with Gasteiger partial charge in [-0.05, 0) is 55.5 Å². The third-order valence-corrected chi connectivity index (χ3v) is 4.10. The van der Waals surface area contributed by atoms with Gasteiger partial charge in [-0.2, -0.15) is 0 Å². The van der Waals surface area contributed by atoms with Crippen molar-refractivity contribution >= 4 is 17.3 Å². The van der Waals surface area contributed by atoms with E-state index in [4.69, 9.17) is 11.6 Å². The van der Waals surface area contributed by atoms with Gasteiger partial charge < -0.3 is 10.3 Å². The lowest BCUT2D eigenvalue weighted by atomic mass is 9.91.